The van der Waals surface area contributed by atoms with Gasteiger partial charge in [-0.2, -0.15) is 0 Å². The molecule has 39 heavy (non-hydrogen) atoms. The summed E-state index contributed by atoms with van der Waals surface area (Å²) in [4.78, 5) is 19.6. The number of para-hydroxylation sites is 2. The van der Waals surface area contributed by atoms with E-state index in [4.69, 9.17) is 9.05 Å². The summed E-state index contributed by atoms with van der Waals surface area (Å²) in [6.07, 6.45) is 1.58. The van der Waals surface area contributed by atoms with Crippen LogP contribution in [0.15, 0.2) is 36.4 Å². The molecule has 0 aliphatic rings. The second-order valence-electron chi connectivity index (χ2n) is 14.9. The Morgan fingerprint density at radius 2 is 0.846 bits per heavy atom. The second kappa shape index (κ2) is 11.9. The summed E-state index contributed by atoms with van der Waals surface area (Å²) >= 11 is 0. The van der Waals surface area contributed by atoms with Gasteiger partial charge < -0.3 is 18.8 Å². The first-order valence-electron chi connectivity index (χ1n) is 13.4. The maximum atomic E-state index is 14.2. The zero-order chi connectivity index (χ0) is 30.2. The molecule has 2 aromatic rings. The lowest BCUT2D eigenvalue weighted by molar-refractivity contribution is 0.279. The van der Waals surface area contributed by atoms with Crippen molar-refractivity contribution in [1.82, 2.24) is 0 Å². The van der Waals surface area contributed by atoms with Gasteiger partial charge >= 0.3 is 17.4 Å². The molecule has 0 fully saturated rings. The number of benzene rings is 2. The predicted octanol–water partition coefficient (Wildman–Crippen LogP) is 10.6. The van der Waals surface area contributed by atoms with Crippen LogP contribution in [0.5, 0.6) is 11.5 Å². The van der Waals surface area contributed by atoms with Crippen molar-refractivity contribution in [2.24, 2.45) is 10.8 Å². The van der Waals surface area contributed by atoms with Gasteiger partial charge in [0.25, 0.3) is 0 Å². The highest BCUT2D eigenvalue weighted by molar-refractivity contribution is 7.40. The number of rotatable bonds is 10. The highest BCUT2D eigenvalue weighted by atomic mass is 31.2. The molecule has 0 aliphatic heterocycles. The van der Waals surface area contributed by atoms with Crippen LogP contribution in [-0.4, -0.2) is 9.79 Å². The van der Waals surface area contributed by atoms with Crippen molar-refractivity contribution < 1.29 is 27.2 Å². The average Bonchev–Trinajstić information content (AvgIpc) is 2.69. The van der Waals surface area contributed by atoms with Crippen LogP contribution in [0.2, 0.25) is 0 Å². The Morgan fingerprint density at radius 3 is 1.10 bits per heavy atom. The maximum Gasteiger partial charge on any atom is 0.436 e. The molecule has 0 spiro atoms. The molecule has 0 saturated carbocycles. The first-order chi connectivity index (χ1) is 17.5. The van der Waals surface area contributed by atoms with Gasteiger partial charge in [-0.3, -0.25) is 0 Å². The smallest absolute Gasteiger partial charge is 0.423 e. The minimum Gasteiger partial charge on any atom is -0.423 e. The SMILES string of the molecule is CC(C)(C)CC(C)(C)c1cccc(C(C)(C)c2cccc(C(C)(C)CC(C)(C)C)c2OP(O)F)c1OP(O)F. The van der Waals surface area contributed by atoms with E-state index in [0.29, 0.717) is 11.1 Å². The van der Waals surface area contributed by atoms with Gasteiger partial charge in [-0.15, -0.1) is 8.39 Å². The van der Waals surface area contributed by atoms with Crippen molar-refractivity contribution in [3.8, 4) is 11.5 Å². The molecule has 8 heteroatoms. The topological polar surface area (TPSA) is 58.9 Å². The van der Waals surface area contributed by atoms with Crippen molar-refractivity contribution in [3.63, 3.8) is 0 Å². The summed E-state index contributed by atoms with van der Waals surface area (Å²) in [7, 11) is -6.39. The fourth-order valence-corrected chi connectivity index (χ4v) is 7.15. The third kappa shape index (κ3) is 8.83. The zero-order valence-electron chi connectivity index (χ0n) is 25.7. The molecular weight excluding hydrogens is 536 g/mol. The minimum atomic E-state index is -3.20. The molecule has 220 valence electrons. The van der Waals surface area contributed by atoms with Crippen LogP contribution in [0.25, 0.3) is 0 Å². The van der Waals surface area contributed by atoms with Gasteiger partial charge in [0.1, 0.15) is 11.5 Å². The first kappa shape index (κ1) is 33.9. The van der Waals surface area contributed by atoms with Crippen LogP contribution in [0.3, 0.4) is 0 Å². The van der Waals surface area contributed by atoms with Gasteiger partial charge in [0.2, 0.25) is 0 Å². The Balaban J connectivity index is 2.88. The fourth-order valence-electron chi connectivity index (χ4n) is 6.46. The molecule has 2 atom stereocenters. The second-order valence-corrected chi connectivity index (χ2v) is 16.1. The lowest BCUT2D eigenvalue weighted by Crippen LogP contribution is -2.29. The molecule has 4 nitrogen and oxygen atoms in total. The van der Waals surface area contributed by atoms with E-state index in [9.17, 15) is 18.2 Å². The standard InChI is InChI=1S/C31H48F2O4P2/c1-27(2,3)19-29(7,8)21-15-13-17-23(25(21)36-38(32)34)31(11,12)24-18-14-16-22(26(24)37-39(33)35)30(9,10)20-28(4,5)6/h13-18,34-35H,19-20H2,1-12H3. The van der Waals surface area contributed by atoms with E-state index in [1.807, 2.05) is 50.2 Å². The van der Waals surface area contributed by atoms with E-state index in [1.54, 1.807) is 0 Å². The van der Waals surface area contributed by atoms with E-state index in [1.165, 1.54) is 0 Å². The van der Waals surface area contributed by atoms with Gasteiger partial charge in [-0.25, -0.2) is 0 Å². The van der Waals surface area contributed by atoms with Crippen LogP contribution in [0.4, 0.5) is 8.39 Å². The molecule has 2 N–H and O–H groups in total. The van der Waals surface area contributed by atoms with Gasteiger partial charge in [-0.05, 0) is 34.5 Å². The van der Waals surface area contributed by atoms with Crippen LogP contribution in [0.1, 0.15) is 118 Å². The largest absolute Gasteiger partial charge is 0.436 e. The molecule has 0 amide bonds. The molecule has 0 radical (unpaired) electrons. The third-order valence-corrected chi connectivity index (χ3v) is 7.78. The summed E-state index contributed by atoms with van der Waals surface area (Å²) < 4.78 is 39.5. The Kier molecular flexibility index (Phi) is 10.3. The van der Waals surface area contributed by atoms with Crippen LogP contribution in [0, 0.1) is 10.8 Å². The van der Waals surface area contributed by atoms with Gasteiger partial charge in [0.05, 0.1) is 0 Å². The summed E-state index contributed by atoms with van der Waals surface area (Å²) in [6.45, 7) is 25.1. The normalized spacial score (nSPS) is 15.2. The average molecular weight is 585 g/mol. The minimum absolute atomic E-state index is 0.0145. The van der Waals surface area contributed by atoms with Crippen LogP contribution < -0.4 is 9.05 Å². The first-order valence-corrected chi connectivity index (χ1v) is 15.6. The van der Waals surface area contributed by atoms with E-state index in [2.05, 4.69) is 69.2 Å². The summed E-state index contributed by atoms with van der Waals surface area (Å²) in [5, 5.41) is 0. The Hall–Kier alpha value is -1.32. The van der Waals surface area contributed by atoms with Crippen molar-refractivity contribution in [2.75, 3.05) is 0 Å². The summed E-state index contributed by atoms with van der Waals surface area (Å²) in [6, 6.07) is 11.3. The molecule has 0 aliphatic carbocycles. The number of hydrogen-bond acceptors (Lipinski definition) is 4. The van der Waals surface area contributed by atoms with Gasteiger partial charge in [0, 0.05) is 27.7 Å². The highest BCUT2D eigenvalue weighted by Crippen LogP contribution is 2.53. The van der Waals surface area contributed by atoms with Gasteiger partial charge in [0.15, 0.2) is 0 Å². The van der Waals surface area contributed by atoms with E-state index < -0.39 is 33.6 Å². The molecule has 0 aromatic heterocycles. The number of hydrogen-bond donors (Lipinski definition) is 2. The van der Waals surface area contributed by atoms with Crippen molar-refractivity contribution in [3.05, 3.63) is 58.7 Å². The lowest BCUT2D eigenvalue weighted by Gasteiger charge is -2.38. The zero-order valence-corrected chi connectivity index (χ0v) is 27.5. The molecular formula is C31H48F2O4P2. The summed E-state index contributed by atoms with van der Waals surface area (Å²) in [5.41, 5.74) is 1.13. The molecule has 2 unspecified atom stereocenters. The molecule has 2 aromatic carbocycles. The fraction of sp³-hybridized carbons (Fsp3) is 0.613. The molecule has 0 heterocycles. The third-order valence-electron chi connectivity index (χ3n) is 7.11. The predicted molar refractivity (Wildman–Crippen MR) is 161 cm³/mol. The number of halogens is 2. The van der Waals surface area contributed by atoms with Gasteiger partial charge in [-0.1, -0.05) is 119 Å². The molecule has 0 bridgehead atoms. The molecule has 0 saturated heterocycles. The van der Waals surface area contributed by atoms with Crippen molar-refractivity contribution in [1.29, 1.82) is 0 Å². The van der Waals surface area contributed by atoms with Crippen molar-refractivity contribution >= 4 is 17.4 Å². The van der Waals surface area contributed by atoms with E-state index >= 15 is 0 Å². The maximum absolute atomic E-state index is 14.2. The van der Waals surface area contributed by atoms with E-state index in [-0.39, 0.29) is 22.3 Å². The lowest BCUT2D eigenvalue weighted by atomic mass is 9.68. The molecule has 2 rings (SSSR count). The van der Waals surface area contributed by atoms with Crippen LogP contribution >= 0.6 is 17.4 Å². The Labute approximate surface area is 237 Å². The summed E-state index contributed by atoms with van der Waals surface area (Å²) in [5.74, 6) is 0.564. The Bertz CT molecular complexity index is 1040. The van der Waals surface area contributed by atoms with Crippen molar-refractivity contribution in [2.45, 2.75) is 112 Å². The quantitative estimate of drug-likeness (QED) is 0.273. The Morgan fingerprint density at radius 1 is 0.564 bits per heavy atom. The van der Waals surface area contributed by atoms with E-state index in [0.717, 1.165) is 24.0 Å². The highest BCUT2D eigenvalue weighted by Gasteiger charge is 2.39. The van der Waals surface area contributed by atoms with Crippen LogP contribution in [-0.2, 0) is 16.2 Å². The monoisotopic (exact) mass is 584 g/mol.